The number of hydrogen-bond donors (Lipinski definition) is 2. The van der Waals surface area contributed by atoms with Crippen LogP contribution in [0, 0.1) is 0 Å². The zero-order valence-corrected chi connectivity index (χ0v) is 12.5. The minimum atomic E-state index is -0.234. The highest BCUT2D eigenvalue weighted by Gasteiger charge is 2.26. The minimum Gasteiger partial charge on any atom is -0.504 e. The number of ether oxygens (including phenoxy) is 3. The molecule has 2 N–H and O–H groups in total. The summed E-state index contributed by atoms with van der Waals surface area (Å²) in [6.45, 7) is 0. The van der Waals surface area contributed by atoms with Crippen LogP contribution in [0.15, 0.2) is 30.3 Å². The van der Waals surface area contributed by atoms with Gasteiger partial charge in [-0.1, -0.05) is 12.1 Å². The number of rotatable bonds is 3. The Morgan fingerprint density at radius 3 is 2.64 bits per heavy atom. The Labute approximate surface area is 128 Å². The van der Waals surface area contributed by atoms with Gasteiger partial charge in [-0.15, -0.1) is 0 Å². The Kier molecular flexibility index (Phi) is 3.71. The van der Waals surface area contributed by atoms with Gasteiger partial charge in [0.05, 0.1) is 14.2 Å². The van der Waals surface area contributed by atoms with Crippen LogP contribution in [0.2, 0.25) is 0 Å². The van der Waals surface area contributed by atoms with Gasteiger partial charge in [0.25, 0.3) is 0 Å². The normalized spacial score (nSPS) is 16.5. The molecule has 0 bridgehead atoms. The molecule has 1 aliphatic heterocycles. The molecule has 2 aromatic carbocycles. The maximum absolute atomic E-state index is 9.90. The second kappa shape index (κ2) is 5.67. The molecular formula is C17H18O5. The average molecular weight is 302 g/mol. The molecule has 0 unspecified atom stereocenters. The predicted molar refractivity (Wildman–Crippen MR) is 81.0 cm³/mol. The number of fused-ring (bicyclic) bond motifs is 1. The SMILES string of the molecule is COc1cc2c(cc1O)O[C@H](c1cccc(O)c1OC)CC2. The average Bonchev–Trinajstić information content (AvgIpc) is 2.53. The summed E-state index contributed by atoms with van der Waals surface area (Å²) in [5.74, 6) is 1.63. The molecule has 0 fully saturated rings. The molecule has 0 radical (unpaired) electrons. The van der Waals surface area contributed by atoms with Crippen LogP contribution in [0.5, 0.6) is 28.7 Å². The monoisotopic (exact) mass is 302 g/mol. The molecule has 1 aliphatic rings. The largest absolute Gasteiger partial charge is 0.504 e. The van der Waals surface area contributed by atoms with E-state index in [1.807, 2.05) is 6.07 Å². The van der Waals surface area contributed by atoms with Crippen LogP contribution in [-0.4, -0.2) is 24.4 Å². The Balaban J connectivity index is 1.95. The van der Waals surface area contributed by atoms with Crippen molar-refractivity contribution in [2.75, 3.05) is 14.2 Å². The van der Waals surface area contributed by atoms with Crippen LogP contribution >= 0.6 is 0 Å². The lowest BCUT2D eigenvalue weighted by Gasteiger charge is -2.28. The molecule has 5 heteroatoms. The third kappa shape index (κ3) is 2.39. The van der Waals surface area contributed by atoms with Gasteiger partial charge in [0, 0.05) is 11.6 Å². The lowest BCUT2D eigenvalue weighted by Crippen LogP contribution is -2.16. The number of benzene rings is 2. The quantitative estimate of drug-likeness (QED) is 0.911. The van der Waals surface area contributed by atoms with Crippen molar-refractivity contribution in [3.05, 3.63) is 41.5 Å². The zero-order chi connectivity index (χ0) is 15.7. The topological polar surface area (TPSA) is 68.2 Å². The zero-order valence-electron chi connectivity index (χ0n) is 12.5. The van der Waals surface area contributed by atoms with E-state index < -0.39 is 0 Å². The van der Waals surface area contributed by atoms with Crippen molar-refractivity contribution < 1.29 is 24.4 Å². The van der Waals surface area contributed by atoms with E-state index >= 15 is 0 Å². The maximum Gasteiger partial charge on any atom is 0.167 e. The maximum atomic E-state index is 9.90. The minimum absolute atomic E-state index is 0.0461. The molecular weight excluding hydrogens is 284 g/mol. The highest BCUT2D eigenvalue weighted by atomic mass is 16.5. The van der Waals surface area contributed by atoms with Gasteiger partial charge in [0.1, 0.15) is 11.9 Å². The van der Waals surface area contributed by atoms with Crippen LogP contribution in [0.3, 0.4) is 0 Å². The smallest absolute Gasteiger partial charge is 0.167 e. The highest BCUT2D eigenvalue weighted by molar-refractivity contribution is 5.52. The van der Waals surface area contributed by atoms with Crippen molar-refractivity contribution in [2.24, 2.45) is 0 Å². The van der Waals surface area contributed by atoms with Crippen molar-refractivity contribution in [2.45, 2.75) is 18.9 Å². The van der Waals surface area contributed by atoms with Gasteiger partial charge in [-0.25, -0.2) is 0 Å². The van der Waals surface area contributed by atoms with E-state index in [2.05, 4.69) is 0 Å². The standard InChI is InChI=1S/C17H18O5/c1-20-16-8-10-6-7-14(22-15(10)9-13(16)19)11-4-3-5-12(18)17(11)21-2/h3-5,8-9,14,18-19H,6-7H2,1-2H3/t14-/m0/s1. The number of aryl methyl sites for hydroxylation is 1. The fourth-order valence-corrected chi connectivity index (χ4v) is 2.80. The number of phenolic OH excluding ortho intramolecular Hbond substituents is 2. The van der Waals surface area contributed by atoms with Crippen molar-refractivity contribution in [3.63, 3.8) is 0 Å². The van der Waals surface area contributed by atoms with E-state index in [1.165, 1.54) is 14.2 Å². The lowest BCUT2D eigenvalue weighted by molar-refractivity contribution is 0.170. The summed E-state index contributed by atoms with van der Waals surface area (Å²) >= 11 is 0. The van der Waals surface area contributed by atoms with Gasteiger partial charge in [-0.05, 0) is 30.5 Å². The fourth-order valence-electron chi connectivity index (χ4n) is 2.80. The summed E-state index contributed by atoms with van der Waals surface area (Å²) < 4.78 is 16.4. The van der Waals surface area contributed by atoms with E-state index in [1.54, 1.807) is 24.3 Å². The third-order valence-corrected chi connectivity index (χ3v) is 3.88. The Morgan fingerprint density at radius 1 is 1.09 bits per heavy atom. The molecule has 1 atom stereocenters. The van der Waals surface area contributed by atoms with Crippen LogP contribution in [0.1, 0.15) is 23.7 Å². The molecule has 2 aromatic rings. The molecule has 0 saturated carbocycles. The van der Waals surface area contributed by atoms with Gasteiger partial charge in [-0.2, -0.15) is 0 Å². The van der Waals surface area contributed by atoms with Crippen LogP contribution < -0.4 is 14.2 Å². The Hall–Kier alpha value is -2.56. The molecule has 22 heavy (non-hydrogen) atoms. The van der Waals surface area contributed by atoms with Crippen LogP contribution in [0.25, 0.3) is 0 Å². The fraction of sp³-hybridized carbons (Fsp3) is 0.294. The first kappa shape index (κ1) is 14.4. The molecule has 5 nitrogen and oxygen atoms in total. The molecule has 1 heterocycles. The number of para-hydroxylation sites is 1. The first-order valence-corrected chi connectivity index (χ1v) is 7.06. The van der Waals surface area contributed by atoms with E-state index in [4.69, 9.17) is 14.2 Å². The Bertz CT molecular complexity index is 696. The van der Waals surface area contributed by atoms with Crippen LogP contribution in [0.4, 0.5) is 0 Å². The van der Waals surface area contributed by atoms with E-state index in [0.717, 1.165) is 24.0 Å². The number of phenols is 2. The van der Waals surface area contributed by atoms with Gasteiger partial charge in [-0.3, -0.25) is 0 Å². The molecule has 0 aliphatic carbocycles. The van der Waals surface area contributed by atoms with E-state index in [9.17, 15) is 10.2 Å². The van der Waals surface area contributed by atoms with Gasteiger partial charge < -0.3 is 24.4 Å². The summed E-state index contributed by atoms with van der Waals surface area (Å²) in [5.41, 5.74) is 1.79. The Morgan fingerprint density at radius 2 is 1.91 bits per heavy atom. The second-order valence-electron chi connectivity index (χ2n) is 5.18. The predicted octanol–water partition coefficient (Wildman–Crippen LogP) is 3.18. The molecule has 116 valence electrons. The first-order valence-electron chi connectivity index (χ1n) is 7.06. The first-order chi connectivity index (χ1) is 10.6. The van der Waals surface area contributed by atoms with Crippen molar-refractivity contribution in [1.29, 1.82) is 0 Å². The molecule has 0 saturated heterocycles. The number of methoxy groups -OCH3 is 2. The van der Waals surface area contributed by atoms with Gasteiger partial charge in [0.15, 0.2) is 23.0 Å². The number of hydrogen-bond acceptors (Lipinski definition) is 5. The molecule has 3 rings (SSSR count). The summed E-state index contributed by atoms with van der Waals surface area (Å²) in [6, 6.07) is 8.57. The van der Waals surface area contributed by atoms with Gasteiger partial charge >= 0.3 is 0 Å². The molecule has 0 amide bonds. The second-order valence-corrected chi connectivity index (χ2v) is 5.18. The summed E-state index contributed by atoms with van der Waals surface area (Å²) in [4.78, 5) is 0. The summed E-state index contributed by atoms with van der Waals surface area (Å²) in [7, 11) is 3.04. The summed E-state index contributed by atoms with van der Waals surface area (Å²) in [5, 5.41) is 19.8. The molecule has 0 aromatic heterocycles. The van der Waals surface area contributed by atoms with Crippen LogP contribution in [-0.2, 0) is 6.42 Å². The van der Waals surface area contributed by atoms with Crippen molar-refractivity contribution >= 4 is 0 Å². The molecule has 0 spiro atoms. The van der Waals surface area contributed by atoms with Crippen molar-refractivity contribution in [3.8, 4) is 28.7 Å². The lowest BCUT2D eigenvalue weighted by atomic mass is 9.96. The van der Waals surface area contributed by atoms with Crippen molar-refractivity contribution in [1.82, 2.24) is 0 Å². The highest BCUT2D eigenvalue weighted by Crippen LogP contribution is 2.44. The van der Waals surface area contributed by atoms with Gasteiger partial charge in [0.2, 0.25) is 0 Å². The summed E-state index contributed by atoms with van der Waals surface area (Å²) in [6.07, 6.45) is 1.30. The van der Waals surface area contributed by atoms with E-state index in [0.29, 0.717) is 17.2 Å². The van der Waals surface area contributed by atoms with E-state index in [-0.39, 0.29) is 17.6 Å². The number of aromatic hydroxyl groups is 2. The third-order valence-electron chi connectivity index (χ3n) is 3.88.